The fraction of sp³-hybridized carbons (Fsp3) is 0. The molecule has 7 nitrogen and oxygen atoms in total. The lowest BCUT2D eigenvalue weighted by atomic mass is 10.2. The molecule has 302 valence electrons. The Bertz CT molecular complexity index is 3280. The number of nitrogens with zero attached hydrogens (tertiary/aromatic N) is 7. The van der Waals surface area contributed by atoms with Crippen molar-refractivity contribution < 1.29 is 0 Å². The maximum Gasteiger partial charge on any atom is 0.240 e. The lowest BCUT2D eigenvalue weighted by Gasteiger charge is -2.27. The molecule has 0 aliphatic heterocycles. The lowest BCUT2D eigenvalue weighted by molar-refractivity contribution is 0.988. The summed E-state index contributed by atoms with van der Waals surface area (Å²) in [6.45, 7) is 0. The summed E-state index contributed by atoms with van der Waals surface area (Å²) in [6, 6.07) is 82.4. The van der Waals surface area contributed by atoms with Crippen LogP contribution in [-0.4, -0.2) is 24.1 Å². The van der Waals surface area contributed by atoms with Crippen molar-refractivity contribution in [2.45, 2.75) is 0 Å². The fourth-order valence-corrected chi connectivity index (χ4v) is 9.09. The SMILES string of the molecule is c1ccc(-c2nc(N(c3ccccc3)c3ccc(-n4c5ccccc5c5ccccc54)cc3)nc(N(c3ccccc3)c3ccc(-n4c5ccccc5c5ccccc54)cc3)n2)cc1. The third-order valence-electron chi connectivity index (χ3n) is 12.0. The standard InChI is InChI=1S/C57H39N7/c1-4-18-40(19-5-1)55-58-56(61(41-20-6-2-7-21-41)43-32-36-45(37-33-43)63-51-28-14-10-24-47(51)48-25-11-15-29-52(48)63)60-57(59-55)62(42-22-8-3-9-23-42)44-34-38-46(39-35-44)64-53-30-16-12-26-49(53)50-27-13-17-31-54(50)64/h1-39H. The maximum atomic E-state index is 5.39. The maximum absolute atomic E-state index is 5.39. The summed E-state index contributed by atoms with van der Waals surface area (Å²) in [6.07, 6.45) is 0. The molecule has 7 heteroatoms. The summed E-state index contributed by atoms with van der Waals surface area (Å²) in [4.78, 5) is 20.1. The van der Waals surface area contributed by atoms with E-state index in [1.807, 2.05) is 66.7 Å². The van der Waals surface area contributed by atoms with Gasteiger partial charge in [0.1, 0.15) is 0 Å². The van der Waals surface area contributed by atoms with Crippen molar-refractivity contribution in [2.75, 3.05) is 9.80 Å². The molecule has 0 bridgehead atoms. The van der Waals surface area contributed by atoms with Crippen LogP contribution in [0.15, 0.2) is 237 Å². The Balaban J connectivity index is 1.02. The van der Waals surface area contributed by atoms with Gasteiger partial charge >= 0.3 is 0 Å². The van der Waals surface area contributed by atoms with E-state index in [1.54, 1.807) is 0 Å². The van der Waals surface area contributed by atoms with Crippen molar-refractivity contribution in [1.82, 2.24) is 24.1 Å². The first-order valence-corrected chi connectivity index (χ1v) is 21.5. The minimum atomic E-state index is 0.488. The predicted molar refractivity (Wildman–Crippen MR) is 263 cm³/mol. The zero-order chi connectivity index (χ0) is 42.4. The molecule has 12 aromatic rings. The quantitative estimate of drug-likeness (QED) is 0.145. The van der Waals surface area contributed by atoms with Crippen molar-refractivity contribution >= 4 is 78.3 Å². The first kappa shape index (κ1) is 37.0. The smallest absolute Gasteiger partial charge is 0.240 e. The highest BCUT2D eigenvalue weighted by Crippen LogP contribution is 2.40. The zero-order valence-electron chi connectivity index (χ0n) is 34.6. The van der Waals surface area contributed by atoms with Gasteiger partial charge in [-0.25, -0.2) is 0 Å². The molecule has 0 saturated heterocycles. The molecule has 0 aliphatic rings. The molecular weight excluding hydrogens is 783 g/mol. The van der Waals surface area contributed by atoms with Crippen LogP contribution in [0.2, 0.25) is 0 Å². The Morgan fingerprint density at radius 3 is 0.922 bits per heavy atom. The number of rotatable bonds is 9. The van der Waals surface area contributed by atoms with E-state index in [1.165, 1.54) is 21.5 Å². The van der Waals surface area contributed by atoms with Gasteiger partial charge in [0.15, 0.2) is 5.82 Å². The minimum Gasteiger partial charge on any atom is -0.309 e. The van der Waals surface area contributed by atoms with Crippen LogP contribution >= 0.6 is 0 Å². The van der Waals surface area contributed by atoms with Crippen molar-refractivity contribution in [3.63, 3.8) is 0 Å². The first-order valence-electron chi connectivity index (χ1n) is 21.5. The summed E-state index contributed by atoms with van der Waals surface area (Å²) in [5, 5.41) is 4.90. The minimum absolute atomic E-state index is 0.488. The van der Waals surface area contributed by atoms with Crippen LogP contribution in [0, 0.1) is 0 Å². The average Bonchev–Trinajstić information content (AvgIpc) is 3.89. The van der Waals surface area contributed by atoms with Crippen molar-refractivity contribution in [3.05, 3.63) is 237 Å². The van der Waals surface area contributed by atoms with Crippen LogP contribution in [0.4, 0.5) is 34.6 Å². The van der Waals surface area contributed by atoms with Gasteiger partial charge in [-0.1, -0.05) is 140 Å². The van der Waals surface area contributed by atoms with Gasteiger partial charge in [0.05, 0.1) is 22.1 Å². The molecule has 0 N–H and O–H groups in total. The highest BCUT2D eigenvalue weighted by molar-refractivity contribution is 6.10. The van der Waals surface area contributed by atoms with Crippen LogP contribution in [0.1, 0.15) is 0 Å². The molecule has 0 atom stereocenters. The van der Waals surface area contributed by atoms with Crippen LogP contribution in [0.25, 0.3) is 66.4 Å². The van der Waals surface area contributed by atoms with Gasteiger partial charge in [-0.2, -0.15) is 15.0 Å². The highest BCUT2D eigenvalue weighted by atomic mass is 15.3. The van der Waals surface area contributed by atoms with Crippen LogP contribution in [0.3, 0.4) is 0 Å². The second-order valence-electron chi connectivity index (χ2n) is 15.7. The van der Waals surface area contributed by atoms with E-state index >= 15 is 0 Å². The van der Waals surface area contributed by atoms with Crippen LogP contribution in [0.5, 0.6) is 0 Å². The molecule has 3 aromatic heterocycles. The summed E-state index contributed by atoms with van der Waals surface area (Å²) >= 11 is 0. The summed E-state index contributed by atoms with van der Waals surface area (Å²) < 4.78 is 4.67. The Kier molecular flexibility index (Phi) is 9.01. The molecule has 0 fully saturated rings. The van der Waals surface area contributed by atoms with Gasteiger partial charge in [-0.15, -0.1) is 0 Å². The van der Waals surface area contributed by atoms with Gasteiger partial charge < -0.3 is 9.13 Å². The van der Waals surface area contributed by atoms with Gasteiger partial charge in [0.2, 0.25) is 11.9 Å². The van der Waals surface area contributed by atoms with E-state index in [2.05, 4.69) is 189 Å². The van der Waals surface area contributed by atoms with E-state index in [-0.39, 0.29) is 0 Å². The Hall–Kier alpha value is -8.81. The second kappa shape index (κ2) is 15.6. The largest absolute Gasteiger partial charge is 0.309 e. The Labute approximate surface area is 370 Å². The topological polar surface area (TPSA) is 55.0 Å². The fourth-order valence-electron chi connectivity index (χ4n) is 9.09. The molecule has 0 saturated carbocycles. The third kappa shape index (κ3) is 6.34. The van der Waals surface area contributed by atoms with Crippen molar-refractivity contribution in [3.8, 4) is 22.8 Å². The molecule has 0 amide bonds. The molecule has 9 aromatic carbocycles. The van der Waals surface area contributed by atoms with Gasteiger partial charge in [0.25, 0.3) is 0 Å². The molecule has 12 rings (SSSR count). The Morgan fingerprint density at radius 1 is 0.266 bits per heavy atom. The summed E-state index contributed by atoms with van der Waals surface area (Å²) in [5.41, 5.74) is 11.3. The Morgan fingerprint density at radius 2 is 0.562 bits per heavy atom. The van der Waals surface area contributed by atoms with E-state index in [0.717, 1.165) is 61.8 Å². The highest BCUT2D eigenvalue weighted by Gasteiger charge is 2.24. The monoisotopic (exact) mass is 821 g/mol. The van der Waals surface area contributed by atoms with E-state index in [4.69, 9.17) is 15.0 Å². The average molecular weight is 822 g/mol. The lowest BCUT2D eigenvalue weighted by Crippen LogP contribution is -2.19. The van der Waals surface area contributed by atoms with Gasteiger partial charge in [-0.3, -0.25) is 9.80 Å². The summed E-state index contributed by atoms with van der Waals surface area (Å²) in [5.74, 6) is 1.54. The molecule has 0 aliphatic carbocycles. The normalized spacial score (nSPS) is 11.4. The van der Waals surface area contributed by atoms with Crippen molar-refractivity contribution in [1.29, 1.82) is 0 Å². The van der Waals surface area contributed by atoms with Gasteiger partial charge in [-0.05, 0) is 97.1 Å². The second-order valence-corrected chi connectivity index (χ2v) is 15.7. The predicted octanol–water partition coefficient (Wildman–Crippen LogP) is 14.7. The van der Waals surface area contributed by atoms with Gasteiger partial charge in [0, 0.05) is 61.2 Å². The molecule has 64 heavy (non-hydrogen) atoms. The summed E-state index contributed by atoms with van der Waals surface area (Å²) in [7, 11) is 0. The number of hydrogen-bond donors (Lipinski definition) is 0. The molecular formula is C57H39N7. The molecule has 3 heterocycles. The number of anilines is 6. The molecule has 0 radical (unpaired) electrons. The molecule has 0 unspecified atom stereocenters. The van der Waals surface area contributed by atoms with Crippen molar-refractivity contribution in [2.24, 2.45) is 0 Å². The number of aromatic nitrogens is 5. The van der Waals surface area contributed by atoms with E-state index < -0.39 is 0 Å². The first-order chi connectivity index (χ1) is 31.8. The zero-order valence-corrected chi connectivity index (χ0v) is 34.6. The molecule has 0 spiro atoms. The third-order valence-corrected chi connectivity index (χ3v) is 12.0. The van der Waals surface area contributed by atoms with Crippen LogP contribution in [-0.2, 0) is 0 Å². The number of para-hydroxylation sites is 6. The van der Waals surface area contributed by atoms with E-state index in [9.17, 15) is 0 Å². The number of benzene rings is 9. The number of fused-ring (bicyclic) bond motifs is 6. The number of hydrogen-bond acceptors (Lipinski definition) is 5. The van der Waals surface area contributed by atoms with E-state index in [0.29, 0.717) is 17.7 Å². The van der Waals surface area contributed by atoms with Crippen LogP contribution < -0.4 is 9.80 Å².